The van der Waals surface area contributed by atoms with Crippen LogP contribution in [0.1, 0.15) is 6.92 Å². The number of hydrogen-bond donors (Lipinski definition) is 1. The summed E-state index contributed by atoms with van der Waals surface area (Å²) >= 11 is 3.37. The Morgan fingerprint density at radius 2 is 2.25 bits per heavy atom. The number of aromatic nitrogens is 4. The van der Waals surface area contributed by atoms with E-state index in [1.54, 1.807) is 12.4 Å². The number of halogens is 1. The van der Waals surface area contributed by atoms with Crippen LogP contribution in [0.2, 0.25) is 0 Å². The van der Waals surface area contributed by atoms with Gasteiger partial charge in [0.1, 0.15) is 5.82 Å². The van der Waals surface area contributed by atoms with Crippen molar-refractivity contribution in [3.63, 3.8) is 0 Å². The number of aryl methyl sites for hydroxylation is 1. The molecule has 0 aliphatic rings. The summed E-state index contributed by atoms with van der Waals surface area (Å²) in [6.45, 7) is 2.88. The fourth-order valence-corrected chi connectivity index (χ4v) is 1.72. The molecule has 0 atom stereocenters. The summed E-state index contributed by atoms with van der Waals surface area (Å²) < 4.78 is 2.70. The van der Waals surface area contributed by atoms with E-state index < -0.39 is 0 Å². The minimum Gasteiger partial charge on any atom is -0.372 e. The Kier molecular flexibility index (Phi) is 3.19. The van der Waals surface area contributed by atoms with Gasteiger partial charge in [-0.2, -0.15) is 5.10 Å². The first-order chi connectivity index (χ1) is 7.74. The zero-order valence-corrected chi connectivity index (χ0v) is 10.7. The van der Waals surface area contributed by atoms with Crippen molar-refractivity contribution in [2.75, 3.05) is 12.4 Å². The van der Waals surface area contributed by atoms with Crippen LogP contribution in [0.15, 0.2) is 23.1 Å². The molecular weight excluding hydrogens is 270 g/mol. The highest BCUT2D eigenvalue weighted by Gasteiger charge is 2.07. The van der Waals surface area contributed by atoms with E-state index in [0.717, 1.165) is 22.4 Å². The number of rotatable bonds is 3. The summed E-state index contributed by atoms with van der Waals surface area (Å²) in [5.41, 5.74) is 0.922. The van der Waals surface area contributed by atoms with E-state index in [1.807, 2.05) is 24.9 Å². The van der Waals surface area contributed by atoms with Gasteiger partial charge in [0.05, 0.1) is 16.2 Å². The highest BCUT2D eigenvalue weighted by Crippen LogP contribution is 2.22. The summed E-state index contributed by atoms with van der Waals surface area (Å²) in [4.78, 5) is 8.64. The first-order valence-corrected chi connectivity index (χ1v) is 5.77. The molecule has 0 fully saturated rings. The van der Waals surface area contributed by atoms with Crippen LogP contribution in [-0.4, -0.2) is 26.8 Å². The maximum absolute atomic E-state index is 4.39. The fraction of sp³-hybridized carbons (Fsp3) is 0.300. The van der Waals surface area contributed by atoms with Gasteiger partial charge in [-0.25, -0.2) is 9.97 Å². The third-order valence-corrected chi connectivity index (χ3v) is 2.78. The predicted molar refractivity (Wildman–Crippen MR) is 66.2 cm³/mol. The second-order valence-electron chi connectivity index (χ2n) is 3.22. The first kappa shape index (κ1) is 11.1. The molecule has 6 heteroatoms. The Morgan fingerprint density at radius 3 is 2.88 bits per heavy atom. The number of nitrogens with one attached hydrogen (secondary N) is 1. The zero-order chi connectivity index (χ0) is 11.5. The lowest BCUT2D eigenvalue weighted by Crippen LogP contribution is -1.97. The molecule has 2 aromatic heterocycles. The topological polar surface area (TPSA) is 55.6 Å². The first-order valence-electron chi connectivity index (χ1n) is 4.97. The van der Waals surface area contributed by atoms with Gasteiger partial charge in [-0.3, -0.25) is 4.68 Å². The number of nitrogens with zero attached hydrogens (tertiary/aromatic N) is 4. The highest BCUT2D eigenvalue weighted by molar-refractivity contribution is 9.10. The smallest absolute Gasteiger partial charge is 0.164 e. The Balaban J connectivity index is 2.40. The van der Waals surface area contributed by atoms with Gasteiger partial charge < -0.3 is 5.32 Å². The molecule has 0 aliphatic carbocycles. The van der Waals surface area contributed by atoms with Gasteiger partial charge in [0, 0.05) is 26.0 Å². The van der Waals surface area contributed by atoms with Crippen molar-refractivity contribution >= 4 is 21.7 Å². The van der Waals surface area contributed by atoms with Crippen molar-refractivity contribution < 1.29 is 0 Å². The summed E-state index contributed by atoms with van der Waals surface area (Å²) in [5, 5.41) is 7.19. The molecule has 0 radical (unpaired) electrons. The quantitative estimate of drug-likeness (QED) is 0.937. The molecule has 0 saturated carbocycles. The van der Waals surface area contributed by atoms with E-state index >= 15 is 0 Å². The summed E-state index contributed by atoms with van der Waals surface area (Å²) in [6, 6.07) is 0. The molecule has 0 spiro atoms. The molecule has 0 amide bonds. The molecule has 2 heterocycles. The predicted octanol–water partition coefficient (Wildman–Crippen LogP) is 2.16. The van der Waals surface area contributed by atoms with Gasteiger partial charge in [0.25, 0.3) is 0 Å². The standard InChI is InChI=1S/C10H12BrN5/c1-3-16-6-7(4-14-16)9-13-5-8(11)10(12-2)15-9/h4-6H,3H2,1-2H3,(H,12,13,15). The monoisotopic (exact) mass is 281 g/mol. The Bertz CT molecular complexity index is 494. The van der Waals surface area contributed by atoms with E-state index in [2.05, 4.69) is 36.3 Å². The highest BCUT2D eigenvalue weighted by atomic mass is 79.9. The van der Waals surface area contributed by atoms with E-state index in [4.69, 9.17) is 0 Å². The van der Waals surface area contributed by atoms with Crippen molar-refractivity contribution in [2.24, 2.45) is 0 Å². The Labute approximate surface area is 102 Å². The summed E-state index contributed by atoms with van der Waals surface area (Å²) in [5.74, 6) is 1.45. The molecule has 84 valence electrons. The van der Waals surface area contributed by atoms with Crippen LogP contribution in [0.5, 0.6) is 0 Å². The summed E-state index contributed by atoms with van der Waals surface area (Å²) in [7, 11) is 1.83. The second kappa shape index (κ2) is 4.61. The van der Waals surface area contributed by atoms with Crippen LogP contribution in [0.25, 0.3) is 11.4 Å². The second-order valence-corrected chi connectivity index (χ2v) is 4.08. The van der Waals surface area contributed by atoms with Crippen LogP contribution in [0, 0.1) is 0 Å². The molecular formula is C10H12BrN5. The molecule has 2 rings (SSSR count). The maximum atomic E-state index is 4.39. The third kappa shape index (κ3) is 2.06. The van der Waals surface area contributed by atoms with E-state index in [1.165, 1.54) is 0 Å². The largest absolute Gasteiger partial charge is 0.372 e. The van der Waals surface area contributed by atoms with Crippen molar-refractivity contribution in [1.29, 1.82) is 0 Å². The molecule has 1 N–H and O–H groups in total. The van der Waals surface area contributed by atoms with Crippen molar-refractivity contribution in [2.45, 2.75) is 13.5 Å². The molecule has 5 nitrogen and oxygen atoms in total. The average molecular weight is 282 g/mol. The zero-order valence-electron chi connectivity index (χ0n) is 9.11. The Morgan fingerprint density at radius 1 is 1.44 bits per heavy atom. The van der Waals surface area contributed by atoms with Gasteiger partial charge in [-0.1, -0.05) is 0 Å². The summed E-state index contributed by atoms with van der Waals surface area (Å²) in [6.07, 6.45) is 5.44. The van der Waals surface area contributed by atoms with Crippen molar-refractivity contribution in [3.8, 4) is 11.4 Å². The van der Waals surface area contributed by atoms with Crippen molar-refractivity contribution in [3.05, 3.63) is 23.1 Å². The molecule has 0 aromatic carbocycles. The minimum atomic E-state index is 0.673. The normalized spacial score (nSPS) is 10.4. The molecule has 0 aliphatic heterocycles. The fourth-order valence-electron chi connectivity index (χ4n) is 1.33. The average Bonchev–Trinajstić information content (AvgIpc) is 2.78. The molecule has 0 bridgehead atoms. The lowest BCUT2D eigenvalue weighted by Gasteiger charge is -2.03. The molecule has 0 unspecified atom stereocenters. The maximum Gasteiger partial charge on any atom is 0.164 e. The van der Waals surface area contributed by atoms with Gasteiger partial charge in [-0.15, -0.1) is 0 Å². The van der Waals surface area contributed by atoms with Crippen molar-refractivity contribution in [1.82, 2.24) is 19.7 Å². The van der Waals surface area contributed by atoms with Gasteiger partial charge in [0.2, 0.25) is 0 Å². The number of anilines is 1. The van der Waals surface area contributed by atoms with E-state index in [-0.39, 0.29) is 0 Å². The lowest BCUT2D eigenvalue weighted by molar-refractivity contribution is 0.660. The molecule has 2 aromatic rings. The Hall–Kier alpha value is -1.43. The van der Waals surface area contributed by atoms with Crippen LogP contribution in [0.4, 0.5) is 5.82 Å². The molecule has 0 saturated heterocycles. The SMILES string of the molecule is CCn1cc(-c2ncc(Br)c(NC)n2)cn1. The third-order valence-electron chi connectivity index (χ3n) is 2.20. The minimum absolute atomic E-state index is 0.673. The van der Waals surface area contributed by atoms with Crippen LogP contribution >= 0.6 is 15.9 Å². The molecule has 16 heavy (non-hydrogen) atoms. The van der Waals surface area contributed by atoms with E-state index in [9.17, 15) is 0 Å². The van der Waals surface area contributed by atoms with E-state index in [0.29, 0.717) is 5.82 Å². The van der Waals surface area contributed by atoms with Gasteiger partial charge >= 0.3 is 0 Å². The lowest BCUT2D eigenvalue weighted by atomic mass is 10.3. The van der Waals surface area contributed by atoms with Crippen LogP contribution in [0.3, 0.4) is 0 Å². The van der Waals surface area contributed by atoms with Crippen LogP contribution < -0.4 is 5.32 Å². The van der Waals surface area contributed by atoms with Crippen LogP contribution in [-0.2, 0) is 6.54 Å². The van der Waals surface area contributed by atoms with Gasteiger partial charge in [0.15, 0.2) is 5.82 Å². The number of hydrogen-bond acceptors (Lipinski definition) is 4. The van der Waals surface area contributed by atoms with Gasteiger partial charge in [-0.05, 0) is 22.9 Å².